The molecule has 1 saturated heterocycles. The average Bonchev–Trinajstić information content (AvgIpc) is 3.13. The molecule has 0 amide bonds. The highest BCUT2D eigenvalue weighted by Crippen LogP contribution is 2.26. The summed E-state index contributed by atoms with van der Waals surface area (Å²) in [4.78, 5) is 4.86. The summed E-state index contributed by atoms with van der Waals surface area (Å²) in [5, 5.41) is 14.0. The number of hydrogen-bond acceptors (Lipinski definition) is 5. The van der Waals surface area contributed by atoms with Crippen molar-refractivity contribution in [2.24, 2.45) is 0 Å². The molecule has 0 bridgehead atoms. The van der Waals surface area contributed by atoms with Gasteiger partial charge in [0, 0.05) is 44.0 Å². The van der Waals surface area contributed by atoms with Crippen molar-refractivity contribution in [1.29, 1.82) is 0 Å². The quantitative estimate of drug-likeness (QED) is 0.631. The van der Waals surface area contributed by atoms with Crippen molar-refractivity contribution >= 4 is 21.4 Å². The van der Waals surface area contributed by atoms with Gasteiger partial charge in [-0.3, -0.25) is 9.80 Å². The summed E-state index contributed by atoms with van der Waals surface area (Å²) in [6, 6.07) is 18.8. The molecule has 1 aromatic heterocycles. The van der Waals surface area contributed by atoms with Crippen molar-refractivity contribution in [2.45, 2.75) is 19.3 Å². The standard InChI is InChI=1S/C23H28N2O2S/c26-21(17-27-16-19-6-2-1-3-7-19)15-25-12-10-24(11-13-25)14-20-18-28-23-9-5-4-8-22(20)23/h1-9,18,21,26H,10-17H2/t21-/m0/s1. The van der Waals surface area contributed by atoms with Gasteiger partial charge in [-0.05, 0) is 28.0 Å². The van der Waals surface area contributed by atoms with Gasteiger partial charge < -0.3 is 9.84 Å². The van der Waals surface area contributed by atoms with Crippen molar-refractivity contribution in [3.05, 3.63) is 71.1 Å². The monoisotopic (exact) mass is 396 g/mol. The van der Waals surface area contributed by atoms with E-state index in [0.717, 1.165) is 38.3 Å². The Morgan fingerprint density at radius 1 is 0.929 bits per heavy atom. The molecule has 0 saturated carbocycles. The Morgan fingerprint density at radius 3 is 2.46 bits per heavy atom. The van der Waals surface area contributed by atoms with E-state index in [1.54, 1.807) is 0 Å². The third-order valence-corrected chi connectivity index (χ3v) is 6.32. The van der Waals surface area contributed by atoms with Gasteiger partial charge in [-0.2, -0.15) is 0 Å². The van der Waals surface area contributed by atoms with Crippen LogP contribution in [0, 0.1) is 0 Å². The van der Waals surface area contributed by atoms with Gasteiger partial charge in [-0.15, -0.1) is 11.3 Å². The van der Waals surface area contributed by atoms with Crippen LogP contribution < -0.4 is 0 Å². The van der Waals surface area contributed by atoms with Gasteiger partial charge in [0.15, 0.2) is 0 Å². The molecule has 1 atom stereocenters. The van der Waals surface area contributed by atoms with Gasteiger partial charge in [0.2, 0.25) is 0 Å². The number of thiophene rings is 1. The number of nitrogens with zero attached hydrogens (tertiary/aromatic N) is 2. The highest BCUT2D eigenvalue weighted by atomic mass is 32.1. The third kappa shape index (κ3) is 5.19. The van der Waals surface area contributed by atoms with Gasteiger partial charge in [-0.25, -0.2) is 0 Å². The lowest BCUT2D eigenvalue weighted by atomic mass is 10.1. The summed E-state index contributed by atoms with van der Waals surface area (Å²) < 4.78 is 7.04. The van der Waals surface area contributed by atoms with Gasteiger partial charge in [0.1, 0.15) is 0 Å². The van der Waals surface area contributed by atoms with Crippen LogP contribution in [-0.2, 0) is 17.9 Å². The molecule has 1 fully saturated rings. The number of fused-ring (bicyclic) bond motifs is 1. The lowest BCUT2D eigenvalue weighted by Gasteiger charge is -2.35. The van der Waals surface area contributed by atoms with Crippen LogP contribution in [0.25, 0.3) is 10.1 Å². The van der Waals surface area contributed by atoms with E-state index in [-0.39, 0.29) is 0 Å². The predicted molar refractivity (Wildman–Crippen MR) is 116 cm³/mol. The molecule has 5 heteroatoms. The SMILES string of the molecule is O[C@H](COCc1ccccc1)CN1CCN(Cc2csc3ccccc23)CC1. The first-order valence-electron chi connectivity index (χ1n) is 9.97. The lowest BCUT2D eigenvalue weighted by Crippen LogP contribution is -2.48. The van der Waals surface area contributed by atoms with Crippen LogP contribution in [0.5, 0.6) is 0 Å². The van der Waals surface area contributed by atoms with E-state index in [0.29, 0.717) is 19.8 Å². The molecular formula is C23H28N2O2S. The van der Waals surface area contributed by atoms with Crippen LogP contribution in [0.15, 0.2) is 60.0 Å². The molecule has 0 unspecified atom stereocenters. The fourth-order valence-electron chi connectivity index (χ4n) is 3.76. The van der Waals surface area contributed by atoms with E-state index in [1.165, 1.54) is 15.6 Å². The molecule has 0 radical (unpaired) electrons. The second kappa shape index (κ2) is 9.63. The summed E-state index contributed by atoms with van der Waals surface area (Å²) in [6.07, 6.45) is -0.434. The second-order valence-corrected chi connectivity index (χ2v) is 8.40. The molecule has 2 aromatic carbocycles. The Kier molecular flexibility index (Phi) is 6.73. The minimum atomic E-state index is -0.434. The van der Waals surface area contributed by atoms with Crippen LogP contribution in [0.3, 0.4) is 0 Å². The average molecular weight is 397 g/mol. The Morgan fingerprint density at radius 2 is 1.64 bits per heavy atom. The molecule has 4 rings (SSSR count). The number of rotatable bonds is 8. The molecule has 1 aliphatic heterocycles. The first-order chi connectivity index (χ1) is 13.8. The molecule has 3 aromatic rings. The molecule has 0 aliphatic carbocycles. The van der Waals surface area contributed by atoms with Crippen LogP contribution in [0.4, 0.5) is 0 Å². The number of aliphatic hydroxyl groups excluding tert-OH is 1. The molecular weight excluding hydrogens is 368 g/mol. The zero-order valence-corrected chi connectivity index (χ0v) is 17.0. The van der Waals surface area contributed by atoms with Crippen LogP contribution in [-0.4, -0.2) is 60.3 Å². The topological polar surface area (TPSA) is 35.9 Å². The smallest absolute Gasteiger partial charge is 0.0900 e. The molecule has 4 nitrogen and oxygen atoms in total. The molecule has 0 spiro atoms. The largest absolute Gasteiger partial charge is 0.389 e. The summed E-state index contributed by atoms with van der Waals surface area (Å²) in [5.41, 5.74) is 2.58. The Bertz CT molecular complexity index is 859. The zero-order valence-electron chi connectivity index (χ0n) is 16.2. The van der Waals surface area contributed by atoms with Gasteiger partial charge in [0.05, 0.1) is 19.3 Å². The maximum atomic E-state index is 10.3. The Labute approximate surface area is 171 Å². The third-order valence-electron chi connectivity index (χ3n) is 5.31. The number of ether oxygens (including phenoxy) is 1. The molecule has 28 heavy (non-hydrogen) atoms. The number of aliphatic hydroxyl groups is 1. The van der Waals surface area contributed by atoms with Crippen LogP contribution in [0.1, 0.15) is 11.1 Å². The predicted octanol–water partition coefficient (Wildman–Crippen LogP) is 3.60. The van der Waals surface area contributed by atoms with E-state index < -0.39 is 6.10 Å². The van der Waals surface area contributed by atoms with Crippen molar-refractivity contribution in [1.82, 2.24) is 9.80 Å². The number of hydrogen-bond donors (Lipinski definition) is 1. The summed E-state index contributed by atoms with van der Waals surface area (Å²) in [7, 11) is 0. The number of piperazine rings is 1. The summed E-state index contributed by atoms with van der Waals surface area (Å²) in [6.45, 7) is 6.72. The first kappa shape index (κ1) is 19.6. The lowest BCUT2D eigenvalue weighted by molar-refractivity contribution is 0.000910. The molecule has 1 aliphatic rings. The zero-order chi connectivity index (χ0) is 19.2. The Balaban J connectivity index is 1.18. The van der Waals surface area contributed by atoms with E-state index in [1.807, 2.05) is 41.7 Å². The van der Waals surface area contributed by atoms with Crippen LogP contribution >= 0.6 is 11.3 Å². The molecule has 1 N–H and O–H groups in total. The minimum Gasteiger partial charge on any atom is -0.389 e. The van der Waals surface area contributed by atoms with Crippen LogP contribution in [0.2, 0.25) is 0 Å². The van der Waals surface area contributed by atoms with Gasteiger partial charge >= 0.3 is 0 Å². The first-order valence-corrected chi connectivity index (χ1v) is 10.9. The van der Waals surface area contributed by atoms with Crippen molar-refractivity contribution < 1.29 is 9.84 Å². The molecule has 148 valence electrons. The number of benzene rings is 2. The molecule has 2 heterocycles. The van der Waals surface area contributed by atoms with Gasteiger partial charge in [-0.1, -0.05) is 48.5 Å². The fourth-order valence-corrected chi connectivity index (χ4v) is 4.72. The van der Waals surface area contributed by atoms with Crippen molar-refractivity contribution in [2.75, 3.05) is 39.3 Å². The highest BCUT2D eigenvalue weighted by molar-refractivity contribution is 7.17. The van der Waals surface area contributed by atoms with E-state index in [2.05, 4.69) is 39.4 Å². The number of β-amino-alcohol motifs (C(OH)–C–C–N with tert-alkyl or cyclic N) is 1. The fraction of sp³-hybridized carbons (Fsp3) is 0.391. The maximum Gasteiger partial charge on any atom is 0.0900 e. The second-order valence-electron chi connectivity index (χ2n) is 7.49. The van der Waals surface area contributed by atoms with Gasteiger partial charge in [0.25, 0.3) is 0 Å². The Hall–Kier alpha value is -1.76. The minimum absolute atomic E-state index is 0.385. The van der Waals surface area contributed by atoms with Crippen molar-refractivity contribution in [3.63, 3.8) is 0 Å². The summed E-state index contributed by atoms with van der Waals surface area (Å²) in [5.74, 6) is 0. The highest BCUT2D eigenvalue weighted by Gasteiger charge is 2.20. The normalized spacial score (nSPS) is 17.2. The van der Waals surface area contributed by atoms with Crippen molar-refractivity contribution in [3.8, 4) is 0 Å². The van der Waals surface area contributed by atoms with E-state index in [4.69, 9.17) is 4.74 Å². The van der Waals surface area contributed by atoms with E-state index >= 15 is 0 Å². The summed E-state index contributed by atoms with van der Waals surface area (Å²) >= 11 is 1.83. The maximum absolute atomic E-state index is 10.3. The van der Waals surface area contributed by atoms with E-state index in [9.17, 15) is 5.11 Å².